The van der Waals surface area contributed by atoms with Crippen molar-refractivity contribution < 1.29 is 5.11 Å². The molecule has 0 aliphatic rings. The molecule has 6 heteroatoms. The second-order valence-corrected chi connectivity index (χ2v) is 5.58. The van der Waals surface area contributed by atoms with E-state index in [1.165, 1.54) is 12.3 Å². The largest absolute Gasteiger partial charge is 0.386 e. The summed E-state index contributed by atoms with van der Waals surface area (Å²) in [7, 11) is 0. The van der Waals surface area contributed by atoms with Crippen LogP contribution in [0.5, 0.6) is 0 Å². The summed E-state index contributed by atoms with van der Waals surface area (Å²) in [6.45, 7) is 0. The van der Waals surface area contributed by atoms with Gasteiger partial charge >= 0.3 is 0 Å². The van der Waals surface area contributed by atoms with E-state index in [-0.39, 0.29) is 6.42 Å². The van der Waals surface area contributed by atoms with Gasteiger partial charge in [0, 0.05) is 12.6 Å². The fourth-order valence-electron chi connectivity index (χ4n) is 1.68. The van der Waals surface area contributed by atoms with E-state index < -0.39 is 6.10 Å². The molecule has 1 aromatic heterocycles. The number of aliphatic hydroxyl groups excluding tert-OH is 1. The van der Waals surface area contributed by atoms with Crippen LogP contribution in [-0.4, -0.2) is 10.1 Å². The molecule has 0 aliphatic carbocycles. The Morgan fingerprint density at radius 3 is 2.53 bits per heavy atom. The Morgan fingerprint density at radius 2 is 1.84 bits per heavy atom. The summed E-state index contributed by atoms with van der Waals surface area (Å²) in [5.74, 6) is 0. The van der Waals surface area contributed by atoms with Gasteiger partial charge in [-0.1, -0.05) is 58.5 Å². The molecular formula is C13H9Cl4NO. The molecule has 19 heavy (non-hydrogen) atoms. The maximum atomic E-state index is 10.2. The Hall–Kier alpha value is -0.510. The standard InChI is InChI=1S/C13H9Cl4NO/c14-8-5-10(16)13(18-6-8)11(19)4-7-2-1-3-9(15)12(7)17/h1-3,5-6,11,19H,4H2. The smallest absolute Gasteiger partial charge is 0.102 e. The van der Waals surface area contributed by atoms with Crippen LogP contribution >= 0.6 is 46.4 Å². The fraction of sp³-hybridized carbons (Fsp3) is 0.154. The van der Waals surface area contributed by atoms with E-state index in [9.17, 15) is 5.11 Å². The van der Waals surface area contributed by atoms with Crippen LogP contribution in [0.3, 0.4) is 0 Å². The highest BCUT2D eigenvalue weighted by molar-refractivity contribution is 6.42. The molecule has 0 spiro atoms. The number of benzene rings is 1. The summed E-state index contributed by atoms with van der Waals surface area (Å²) >= 11 is 23.8. The van der Waals surface area contributed by atoms with E-state index >= 15 is 0 Å². The Balaban J connectivity index is 2.25. The zero-order valence-electron chi connectivity index (χ0n) is 9.58. The molecule has 2 rings (SSSR count). The second-order valence-electron chi connectivity index (χ2n) is 3.95. The third-order valence-corrected chi connectivity index (χ3v) is 3.96. The second kappa shape index (κ2) is 6.29. The van der Waals surface area contributed by atoms with Crippen molar-refractivity contribution >= 4 is 46.4 Å². The highest BCUT2D eigenvalue weighted by atomic mass is 35.5. The number of pyridine rings is 1. The van der Waals surface area contributed by atoms with E-state index in [0.29, 0.717) is 25.8 Å². The van der Waals surface area contributed by atoms with Crippen LogP contribution < -0.4 is 0 Å². The average Bonchev–Trinajstić information content (AvgIpc) is 2.34. The van der Waals surface area contributed by atoms with Crippen LogP contribution in [0, 0.1) is 0 Å². The number of aromatic nitrogens is 1. The van der Waals surface area contributed by atoms with E-state index in [1.54, 1.807) is 18.2 Å². The van der Waals surface area contributed by atoms with Crippen molar-refractivity contribution in [3.8, 4) is 0 Å². The van der Waals surface area contributed by atoms with Crippen molar-refractivity contribution in [2.24, 2.45) is 0 Å². The molecule has 1 atom stereocenters. The zero-order chi connectivity index (χ0) is 14.0. The highest BCUT2D eigenvalue weighted by Crippen LogP contribution is 2.31. The lowest BCUT2D eigenvalue weighted by Crippen LogP contribution is -2.05. The van der Waals surface area contributed by atoms with Crippen LogP contribution in [0.15, 0.2) is 30.5 Å². The average molecular weight is 337 g/mol. The monoisotopic (exact) mass is 335 g/mol. The molecule has 1 aromatic carbocycles. The lowest BCUT2D eigenvalue weighted by Gasteiger charge is -2.13. The number of hydrogen-bond donors (Lipinski definition) is 1. The molecule has 1 N–H and O–H groups in total. The molecule has 100 valence electrons. The topological polar surface area (TPSA) is 33.1 Å². The molecular weight excluding hydrogens is 328 g/mol. The van der Waals surface area contributed by atoms with E-state index in [0.717, 1.165) is 5.56 Å². The van der Waals surface area contributed by atoms with Crippen molar-refractivity contribution in [3.63, 3.8) is 0 Å². The fourth-order valence-corrected chi connectivity index (χ4v) is 2.58. The number of nitrogens with zero attached hydrogens (tertiary/aromatic N) is 1. The predicted octanol–water partition coefficient (Wildman–Crippen LogP) is 4.97. The van der Waals surface area contributed by atoms with Gasteiger partial charge in [0.25, 0.3) is 0 Å². The summed E-state index contributed by atoms with van der Waals surface area (Å²) in [6, 6.07) is 6.79. The first kappa shape index (κ1) is 14.9. The van der Waals surface area contributed by atoms with Crippen molar-refractivity contribution in [2.45, 2.75) is 12.5 Å². The summed E-state index contributed by atoms with van der Waals surface area (Å²) in [6.07, 6.45) is 0.833. The molecule has 1 unspecified atom stereocenters. The number of aliphatic hydroxyl groups is 1. The Morgan fingerprint density at radius 1 is 1.11 bits per heavy atom. The van der Waals surface area contributed by atoms with Crippen LogP contribution in [0.4, 0.5) is 0 Å². The minimum atomic E-state index is -0.874. The number of hydrogen-bond acceptors (Lipinski definition) is 2. The third kappa shape index (κ3) is 3.53. The van der Waals surface area contributed by atoms with Crippen LogP contribution in [0.25, 0.3) is 0 Å². The molecule has 2 aromatic rings. The van der Waals surface area contributed by atoms with Gasteiger partial charge in [0.2, 0.25) is 0 Å². The van der Waals surface area contributed by atoms with Gasteiger partial charge < -0.3 is 5.11 Å². The lowest BCUT2D eigenvalue weighted by molar-refractivity contribution is 0.174. The van der Waals surface area contributed by atoms with Crippen molar-refractivity contribution in [3.05, 3.63) is 61.8 Å². The van der Waals surface area contributed by atoms with Gasteiger partial charge in [0.1, 0.15) is 6.10 Å². The van der Waals surface area contributed by atoms with Crippen molar-refractivity contribution in [1.82, 2.24) is 4.98 Å². The van der Waals surface area contributed by atoms with Gasteiger partial charge in [-0.15, -0.1) is 0 Å². The highest BCUT2D eigenvalue weighted by Gasteiger charge is 2.16. The molecule has 0 aliphatic heterocycles. The Labute approximate surface area is 130 Å². The Kier molecular flexibility index (Phi) is 4.93. The van der Waals surface area contributed by atoms with E-state index in [2.05, 4.69) is 4.98 Å². The van der Waals surface area contributed by atoms with Gasteiger partial charge in [-0.25, -0.2) is 0 Å². The molecule has 0 saturated heterocycles. The maximum absolute atomic E-state index is 10.2. The summed E-state index contributed by atoms with van der Waals surface area (Å²) in [5.41, 5.74) is 1.09. The van der Waals surface area contributed by atoms with Crippen LogP contribution in [0.2, 0.25) is 20.1 Å². The maximum Gasteiger partial charge on any atom is 0.102 e. The molecule has 2 nitrogen and oxygen atoms in total. The van der Waals surface area contributed by atoms with Gasteiger partial charge in [0.15, 0.2) is 0 Å². The minimum absolute atomic E-state index is 0.272. The SMILES string of the molecule is OC(Cc1cccc(Cl)c1Cl)c1ncc(Cl)cc1Cl. The number of rotatable bonds is 3. The van der Waals surface area contributed by atoms with Crippen molar-refractivity contribution in [1.29, 1.82) is 0 Å². The first-order valence-electron chi connectivity index (χ1n) is 5.41. The van der Waals surface area contributed by atoms with Crippen LogP contribution in [-0.2, 0) is 6.42 Å². The van der Waals surface area contributed by atoms with Gasteiger partial charge in [-0.2, -0.15) is 0 Å². The lowest BCUT2D eigenvalue weighted by atomic mass is 10.1. The molecule has 0 bridgehead atoms. The Bertz CT molecular complexity index is 603. The predicted molar refractivity (Wildman–Crippen MR) is 79.4 cm³/mol. The van der Waals surface area contributed by atoms with E-state index in [1.807, 2.05) is 0 Å². The van der Waals surface area contributed by atoms with Gasteiger partial charge in [0.05, 0.1) is 25.8 Å². The first-order chi connectivity index (χ1) is 8.99. The van der Waals surface area contributed by atoms with Gasteiger partial charge in [-0.3, -0.25) is 4.98 Å². The quantitative estimate of drug-likeness (QED) is 0.858. The first-order valence-corrected chi connectivity index (χ1v) is 6.92. The summed E-state index contributed by atoms with van der Waals surface area (Å²) in [4.78, 5) is 4.04. The van der Waals surface area contributed by atoms with E-state index in [4.69, 9.17) is 46.4 Å². The molecule has 0 fully saturated rings. The van der Waals surface area contributed by atoms with Crippen LogP contribution in [0.1, 0.15) is 17.4 Å². The number of halogens is 4. The third-order valence-electron chi connectivity index (χ3n) is 2.60. The molecule has 1 heterocycles. The minimum Gasteiger partial charge on any atom is -0.386 e. The summed E-state index contributed by atoms with van der Waals surface area (Å²) < 4.78 is 0. The molecule has 0 saturated carbocycles. The zero-order valence-corrected chi connectivity index (χ0v) is 12.6. The normalized spacial score (nSPS) is 12.5. The summed E-state index contributed by atoms with van der Waals surface area (Å²) in [5, 5.41) is 11.8. The molecule has 0 radical (unpaired) electrons. The van der Waals surface area contributed by atoms with Gasteiger partial charge in [-0.05, 0) is 17.7 Å². The molecule has 0 amide bonds. The van der Waals surface area contributed by atoms with Crippen molar-refractivity contribution in [2.75, 3.05) is 0 Å².